The second-order valence-corrected chi connectivity index (χ2v) is 4.06. The highest BCUT2D eigenvalue weighted by Gasteiger charge is 2.31. The van der Waals surface area contributed by atoms with Gasteiger partial charge in [-0.25, -0.2) is 0 Å². The van der Waals surface area contributed by atoms with Crippen molar-refractivity contribution in [1.29, 1.82) is 0 Å². The third-order valence-corrected chi connectivity index (χ3v) is 2.19. The quantitative estimate of drug-likeness (QED) is 0.529. The van der Waals surface area contributed by atoms with E-state index in [4.69, 9.17) is 5.73 Å². The van der Waals surface area contributed by atoms with Gasteiger partial charge >= 0.3 is 0 Å². The Morgan fingerprint density at radius 1 is 1.50 bits per heavy atom. The molecule has 0 heterocycles. The van der Waals surface area contributed by atoms with E-state index < -0.39 is 0 Å². The van der Waals surface area contributed by atoms with Gasteiger partial charge < -0.3 is 10.8 Å². The molecular formula is C8H17NO. The van der Waals surface area contributed by atoms with Crippen molar-refractivity contribution in [3.63, 3.8) is 0 Å². The van der Waals surface area contributed by atoms with Crippen molar-refractivity contribution in [2.24, 2.45) is 11.7 Å². The lowest BCUT2D eigenvalue weighted by atomic mass is 9.77. The van der Waals surface area contributed by atoms with Gasteiger partial charge in [0.2, 0.25) is 0 Å². The van der Waals surface area contributed by atoms with Crippen LogP contribution in [0.1, 0.15) is 33.1 Å². The Kier molecular flexibility index (Phi) is 2.02. The zero-order valence-corrected chi connectivity index (χ0v) is 6.80. The van der Waals surface area contributed by atoms with E-state index in [0.29, 0.717) is 5.92 Å². The van der Waals surface area contributed by atoms with E-state index in [1.165, 1.54) is 0 Å². The first kappa shape index (κ1) is 8.02. The van der Waals surface area contributed by atoms with Crippen LogP contribution in [0.25, 0.3) is 0 Å². The summed E-state index contributed by atoms with van der Waals surface area (Å²) in [6.07, 6.45) is 2.56. The highest BCUT2D eigenvalue weighted by atomic mass is 16.3. The van der Waals surface area contributed by atoms with Crippen molar-refractivity contribution >= 4 is 0 Å². The van der Waals surface area contributed by atoms with Crippen molar-refractivity contribution in [2.45, 2.75) is 44.8 Å². The lowest BCUT2D eigenvalue weighted by Crippen LogP contribution is -2.45. The number of rotatable bonds is 0. The van der Waals surface area contributed by atoms with Gasteiger partial charge in [0.05, 0.1) is 6.10 Å². The number of aliphatic hydroxyl groups excluding tert-OH is 1. The average molecular weight is 143 g/mol. The van der Waals surface area contributed by atoms with Crippen molar-refractivity contribution in [3.8, 4) is 0 Å². The van der Waals surface area contributed by atoms with Crippen LogP contribution in [0, 0.1) is 5.92 Å². The van der Waals surface area contributed by atoms with Crippen molar-refractivity contribution < 1.29 is 5.11 Å². The number of aliphatic hydroxyl groups is 1. The molecule has 0 aromatic carbocycles. The summed E-state index contributed by atoms with van der Waals surface area (Å²) in [6.45, 7) is 4.17. The summed E-state index contributed by atoms with van der Waals surface area (Å²) in [5, 5.41) is 9.34. The van der Waals surface area contributed by atoms with Gasteiger partial charge in [-0.1, -0.05) is 6.92 Å². The van der Waals surface area contributed by atoms with Gasteiger partial charge in [0.1, 0.15) is 0 Å². The summed E-state index contributed by atoms with van der Waals surface area (Å²) < 4.78 is 0. The minimum atomic E-state index is -0.168. The van der Waals surface area contributed by atoms with Gasteiger partial charge in [0.25, 0.3) is 0 Å². The fourth-order valence-electron chi connectivity index (χ4n) is 2.05. The van der Waals surface area contributed by atoms with Crippen LogP contribution in [-0.2, 0) is 0 Å². The summed E-state index contributed by atoms with van der Waals surface area (Å²) in [5.74, 6) is 0.582. The predicted octanol–water partition coefficient (Wildman–Crippen LogP) is 0.885. The summed E-state index contributed by atoms with van der Waals surface area (Å²) in [6, 6.07) is 0. The van der Waals surface area contributed by atoms with Crippen LogP contribution in [0.15, 0.2) is 0 Å². The van der Waals surface area contributed by atoms with Crippen LogP contribution in [0.3, 0.4) is 0 Å². The predicted molar refractivity (Wildman–Crippen MR) is 41.6 cm³/mol. The fraction of sp³-hybridized carbons (Fsp3) is 1.00. The van der Waals surface area contributed by atoms with E-state index in [2.05, 4.69) is 6.92 Å². The molecule has 0 aromatic rings. The molecule has 1 rings (SSSR count). The first-order chi connectivity index (χ1) is 4.49. The molecule has 0 bridgehead atoms. The molecule has 2 heteroatoms. The SMILES string of the molecule is CC1C[C@@H](O)C[C@](C)(N)C1. The maximum atomic E-state index is 9.34. The van der Waals surface area contributed by atoms with Crippen molar-refractivity contribution in [3.05, 3.63) is 0 Å². The van der Waals surface area contributed by atoms with Crippen LogP contribution in [-0.4, -0.2) is 16.7 Å². The van der Waals surface area contributed by atoms with Crippen LogP contribution in [0.4, 0.5) is 0 Å². The molecule has 2 nitrogen and oxygen atoms in total. The third kappa shape index (κ3) is 1.96. The molecular weight excluding hydrogens is 126 g/mol. The number of hydrogen-bond donors (Lipinski definition) is 2. The highest BCUT2D eigenvalue weighted by molar-refractivity contribution is 4.89. The van der Waals surface area contributed by atoms with Crippen LogP contribution >= 0.6 is 0 Å². The number of nitrogens with two attached hydrogens (primary N) is 1. The molecule has 10 heavy (non-hydrogen) atoms. The van der Waals surface area contributed by atoms with Gasteiger partial charge in [0, 0.05) is 5.54 Å². The largest absolute Gasteiger partial charge is 0.393 e. The molecule has 0 radical (unpaired) electrons. The Labute approximate surface area is 62.4 Å². The Bertz CT molecular complexity index is 110. The smallest absolute Gasteiger partial charge is 0.0560 e. The molecule has 0 aliphatic heterocycles. The van der Waals surface area contributed by atoms with Crippen molar-refractivity contribution in [2.75, 3.05) is 0 Å². The van der Waals surface area contributed by atoms with Crippen LogP contribution < -0.4 is 5.73 Å². The topological polar surface area (TPSA) is 46.2 Å². The summed E-state index contributed by atoms with van der Waals surface area (Å²) in [5.41, 5.74) is 5.77. The molecule has 1 saturated carbocycles. The second-order valence-electron chi connectivity index (χ2n) is 4.06. The highest BCUT2D eigenvalue weighted by Crippen LogP contribution is 2.29. The van der Waals surface area contributed by atoms with E-state index >= 15 is 0 Å². The van der Waals surface area contributed by atoms with E-state index in [9.17, 15) is 5.11 Å². The Morgan fingerprint density at radius 2 is 2.10 bits per heavy atom. The van der Waals surface area contributed by atoms with Gasteiger partial charge in [-0.3, -0.25) is 0 Å². The van der Waals surface area contributed by atoms with E-state index in [0.717, 1.165) is 19.3 Å². The van der Waals surface area contributed by atoms with Gasteiger partial charge in [-0.2, -0.15) is 0 Å². The maximum Gasteiger partial charge on any atom is 0.0560 e. The average Bonchev–Trinajstić information content (AvgIpc) is 1.54. The molecule has 3 N–H and O–H groups in total. The van der Waals surface area contributed by atoms with E-state index in [1.54, 1.807) is 0 Å². The third-order valence-electron chi connectivity index (χ3n) is 2.19. The maximum absolute atomic E-state index is 9.34. The van der Waals surface area contributed by atoms with E-state index in [1.807, 2.05) is 6.92 Å². The molecule has 1 fully saturated rings. The normalized spacial score (nSPS) is 49.2. The van der Waals surface area contributed by atoms with Gasteiger partial charge in [-0.15, -0.1) is 0 Å². The standard InChI is InChI=1S/C8H17NO/c1-6-3-7(10)5-8(2,9)4-6/h6-7,10H,3-5,9H2,1-2H3/t6?,7-,8-/m1/s1. The molecule has 3 atom stereocenters. The van der Waals surface area contributed by atoms with Crippen molar-refractivity contribution in [1.82, 2.24) is 0 Å². The molecule has 1 aliphatic carbocycles. The Hall–Kier alpha value is -0.0800. The molecule has 0 aromatic heterocycles. The monoisotopic (exact) mass is 143 g/mol. The van der Waals surface area contributed by atoms with Crippen LogP contribution in [0.5, 0.6) is 0 Å². The molecule has 0 saturated heterocycles. The molecule has 0 spiro atoms. The number of hydrogen-bond acceptors (Lipinski definition) is 2. The molecule has 0 amide bonds. The lowest BCUT2D eigenvalue weighted by Gasteiger charge is -2.36. The zero-order valence-electron chi connectivity index (χ0n) is 6.80. The first-order valence-electron chi connectivity index (χ1n) is 3.96. The molecule has 60 valence electrons. The second kappa shape index (κ2) is 2.51. The Morgan fingerprint density at radius 3 is 2.50 bits per heavy atom. The van der Waals surface area contributed by atoms with Gasteiger partial charge in [-0.05, 0) is 32.1 Å². The minimum Gasteiger partial charge on any atom is -0.393 e. The van der Waals surface area contributed by atoms with E-state index in [-0.39, 0.29) is 11.6 Å². The fourth-order valence-corrected chi connectivity index (χ4v) is 2.05. The summed E-state index contributed by atoms with van der Waals surface area (Å²) in [4.78, 5) is 0. The van der Waals surface area contributed by atoms with Crippen LogP contribution in [0.2, 0.25) is 0 Å². The Balaban J connectivity index is 2.51. The summed E-state index contributed by atoms with van der Waals surface area (Å²) >= 11 is 0. The van der Waals surface area contributed by atoms with Gasteiger partial charge in [0.15, 0.2) is 0 Å². The molecule has 1 aliphatic rings. The first-order valence-corrected chi connectivity index (χ1v) is 3.96. The summed E-state index contributed by atoms with van der Waals surface area (Å²) in [7, 11) is 0. The molecule has 1 unspecified atom stereocenters. The zero-order chi connectivity index (χ0) is 7.78. The minimum absolute atomic E-state index is 0.128. The lowest BCUT2D eigenvalue weighted by molar-refractivity contribution is 0.0677.